The van der Waals surface area contributed by atoms with Gasteiger partial charge < -0.3 is 0 Å². The Labute approximate surface area is 60.3 Å². The fraction of sp³-hybridized carbons (Fsp3) is 0. The second-order valence-electron chi connectivity index (χ2n) is 0.183. The van der Waals surface area contributed by atoms with Crippen LogP contribution in [0.15, 0.2) is 0 Å². The van der Waals surface area contributed by atoms with Crippen LogP contribution in [0.3, 0.4) is 0 Å². The maximum absolute atomic E-state index is 4.98. The molecule has 0 atom stereocenters. The van der Waals surface area contributed by atoms with Gasteiger partial charge in [-0.2, -0.15) is 0 Å². The van der Waals surface area contributed by atoms with Crippen LogP contribution in [-0.2, 0) is 15.5 Å². The van der Waals surface area contributed by atoms with Crippen LogP contribution in [0, 0.1) is 0 Å². The molecule has 0 amide bonds. The Kier molecular flexibility index (Phi) is 25.6. The van der Waals surface area contributed by atoms with E-state index in [9.17, 15) is 0 Å². The zero-order chi connectivity index (χ0) is 3.58. The summed E-state index contributed by atoms with van der Waals surface area (Å²) in [4.78, 5) is 0. The van der Waals surface area contributed by atoms with Gasteiger partial charge in [-0.15, -0.1) is 0 Å². The van der Waals surface area contributed by atoms with Gasteiger partial charge in [0, 0.05) is 0 Å². The molecule has 47 valence electrons. The van der Waals surface area contributed by atoms with Crippen LogP contribution in [0.1, 0.15) is 0 Å². The van der Waals surface area contributed by atoms with Crippen molar-refractivity contribution in [1.29, 1.82) is 0 Å². The van der Waals surface area contributed by atoms with E-state index in [4.69, 9.17) is 23.1 Å². The first kappa shape index (κ1) is 15.6. The molecule has 6 heavy (non-hydrogen) atoms. The monoisotopic (exact) mass is 345 g/mol. The van der Waals surface area contributed by atoms with Crippen LogP contribution in [-0.4, -0.2) is 21.9 Å². The Hall–Kier alpha value is 1.66. The van der Waals surface area contributed by atoms with E-state index in [1.807, 2.05) is 0 Å². The Morgan fingerprint density at radius 3 is 1.17 bits per heavy atom. The minimum absolute atomic E-state index is 0. The third-order valence-corrected chi connectivity index (χ3v) is 0. The van der Waals surface area contributed by atoms with E-state index >= 15 is 0 Å². The molecule has 0 rings (SSSR count). The van der Waals surface area contributed by atoms with Crippen LogP contribution in [0.25, 0.3) is 0 Å². The smallest absolute Gasteiger partial charge is 0.0149 e. The second-order valence-corrected chi connectivity index (χ2v) is 6.72. The minimum Gasteiger partial charge on any atom is -0.0149 e. The fourth-order valence-corrected chi connectivity index (χ4v) is 0. The molecule has 0 saturated carbocycles. The molecule has 2 N–H and O–H groups in total. The topological polar surface area (TPSA) is 26.0 Å². The average molecular weight is 346 g/mol. The SMILES string of the molecule is [NH2][Pt]([Cl])[Cl].[SiH4].[SiH4]. The number of hydrogen-bond donors (Lipinski definition) is 1. The van der Waals surface area contributed by atoms with Gasteiger partial charge in [0.1, 0.15) is 0 Å². The summed E-state index contributed by atoms with van der Waals surface area (Å²) in [7, 11) is 9.95. The third kappa shape index (κ3) is 44.5. The molecule has 0 saturated heterocycles. The quantitative estimate of drug-likeness (QED) is 0.499. The molecule has 0 fully saturated rings. The molecule has 1 nitrogen and oxygen atoms in total. The Bertz CT molecular complexity index is 16.3. The maximum Gasteiger partial charge on any atom is -0.0149 e. The number of hydrogen-bond acceptors (Lipinski definition) is 1. The number of rotatable bonds is 0. The maximum atomic E-state index is 4.98. The summed E-state index contributed by atoms with van der Waals surface area (Å²) in [5, 5.41) is 0. The van der Waals surface area contributed by atoms with E-state index in [0.717, 1.165) is 0 Å². The molecule has 0 aromatic rings. The van der Waals surface area contributed by atoms with Gasteiger partial charge in [0.2, 0.25) is 0 Å². The van der Waals surface area contributed by atoms with Crippen molar-refractivity contribution in [3.63, 3.8) is 0 Å². The molecule has 0 aliphatic heterocycles. The second kappa shape index (κ2) is 9.83. The summed E-state index contributed by atoms with van der Waals surface area (Å²) >= 11 is -1.82. The van der Waals surface area contributed by atoms with Crippen molar-refractivity contribution < 1.29 is 15.5 Å². The van der Waals surface area contributed by atoms with Crippen LogP contribution in [0.2, 0.25) is 0 Å². The summed E-state index contributed by atoms with van der Waals surface area (Å²) in [6, 6.07) is 0. The van der Waals surface area contributed by atoms with Crippen LogP contribution in [0.5, 0.6) is 0 Å². The summed E-state index contributed by atoms with van der Waals surface area (Å²) in [5.74, 6) is 0. The summed E-state index contributed by atoms with van der Waals surface area (Å²) in [5.41, 5.74) is 0. The van der Waals surface area contributed by atoms with E-state index in [1.54, 1.807) is 0 Å². The first-order valence-electron chi connectivity index (χ1n) is 0.422. The van der Waals surface area contributed by atoms with Gasteiger partial charge in [-0.05, 0) is 21.9 Å². The molecule has 0 aliphatic rings. The molecule has 0 spiro atoms. The van der Waals surface area contributed by atoms with Crippen molar-refractivity contribution in [2.75, 3.05) is 0 Å². The van der Waals surface area contributed by atoms with E-state index < -0.39 is 15.5 Å². The van der Waals surface area contributed by atoms with Gasteiger partial charge >= 0.3 is 38.6 Å². The van der Waals surface area contributed by atoms with Gasteiger partial charge in [0.25, 0.3) is 0 Å². The van der Waals surface area contributed by atoms with E-state index in [1.165, 1.54) is 0 Å². The van der Waals surface area contributed by atoms with Gasteiger partial charge in [-0.1, -0.05) is 0 Å². The van der Waals surface area contributed by atoms with Crippen molar-refractivity contribution in [2.24, 2.45) is 4.29 Å². The summed E-state index contributed by atoms with van der Waals surface area (Å²) < 4.78 is 4.80. The largest absolute Gasteiger partial charge is 0.0149 e. The molecule has 6 heteroatoms. The first-order chi connectivity index (χ1) is 1.73. The van der Waals surface area contributed by atoms with E-state index in [2.05, 4.69) is 0 Å². The molecule has 0 aromatic carbocycles. The fourth-order valence-electron chi connectivity index (χ4n) is 0. The Balaban J connectivity index is -0.0000000450. The Morgan fingerprint density at radius 2 is 1.17 bits per heavy atom. The summed E-state index contributed by atoms with van der Waals surface area (Å²) in [6.07, 6.45) is 0. The van der Waals surface area contributed by atoms with E-state index in [0.29, 0.717) is 0 Å². The van der Waals surface area contributed by atoms with Crippen molar-refractivity contribution in [3.8, 4) is 0 Å². The molecular weight excluding hydrogens is 336 g/mol. The molecule has 0 aliphatic carbocycles. The normalized spacial score (nSPS) is 7.50. The average Bonchev–Trinajstić information content (AvgIpc) is 0.811. The minimum atomic E-state index is -1.82. The molecular formula is H10Cl2NPtSi2. The predicted octanol–water partition coefficient (Wildman–Crippen LogP) is -2.12. The van der Waals surface area contributed by atoms with Gasteiger partial charge in [0.05, 0.1) is 0 Å². The van der Waals surface area contributed by atoms with Gasteiger partial charge in [0.15, 0.2) is 0 Å². The first-order valence-corrected chi connectivity index (χ1v) is 7.36. The molecule has 0 unspecified atom stereocenters. The number of nitrogens with two attached hydrogens (primary N) is 1. The van der Waals surface area contributed by atoms with Crippen molar-refractivity contribution in [2.45, 2.75) is 0 Å². The molecule has 0 aromatic heterocycles. The Morgan fingerprint density at radius 1 is 1.17 bits per heavy atom. The predicted molar refractivity (Wildman–Crippen MR) is 38.6 cm³/mol. The van der Waals surface area contributed by atoms with Gasteiger partial charge in [-0.25, -0.2) is 0 Å². The molecule has 0 heterocycles. The van der Waals surface area contributed by atoms with E-state index in [-0.39, 0.29) is 21.9 Å². The zero-order valence-electron chi connectivity index (χ0n) is 1.65. The van der Waals surface area contributed by atoms with Crippen LogP contribution < -0.4 is 4.29 Å². The van der Waals surface area contributed by atoms with Crippen molar-refractivity contribution >= 4 is 40.8 Å². The summed E-state index contributed by atoms with van der Waals surface area (Å²) in [6.45, 7) is 0. The third-order valence-electron chi connectivity index (χ3n) is 0. The van der Waals surface area contributed by atoms with Crippen LogP contribution >= 0.6 is 18.8 Å². The number of halogens is 2. The molecule has 0 bridgehead atoms. The van der Waals surface area contributed by atoms with Gasteiger partial charge in [-0.3, -0.25) is 0 Å². The zero-order valence-corrected chi connectivity index (χ0v) is 5.43. The van der Waals surface area contributed by atoms with Crippen LogP contribution in [0.4, 0.5) is 0 Å². The van der Waals surface area contributed by atoms with Crippen molar-refractivity contribution in [1.82, 2.24) is 0 Å². The standard InChI is InChI=1S/2ClH.H2N.Pt.2H4Si/h2*1H;1H2;;2*1H4/q;;-1;+3;;/p-2. The molecule has 0 radical (unpaired) electrons. The van der Waals surface area contributed by atoms with Crippen molar-refractivity contribution in [3.05, 3.63) is 0 Å².